The van der Waals surface area contributed by atoms with E-state index < -0.39 is 0 Å². The predicted molar refractivity (Wildman–Crippen MR) is 88.2 cm³/mol. The first-order valence-corrected chi connectivity index (χ1v) is 7.23. The van der Waals surface area contributed by atoms with Crippen molar-refractivity contribution in [2.75, 3.05) is 0 Å². The lowest BCUT2D eigenvalue weighted by Crippen LogP contribution is -2.24. The van der Waals surface area contributed by atoms with E-state index in [0.29, 0.717) is 5.02 Å². The summed E-state index contributed by atoms with van der Waals surface area (Å²) in [6.45, 7) is 4.01. The fraction of sp³-hybridized carbons (Fsp3) is 0.167. The van der Waals surface area contributed by atoms with Crippen molar-refractivity contribution in [2.24, 2.45) is 0 Å². The Morgan fingerprint density at radius 3 is 2.33 bits per heavy atom. The van der Waals surface area contributed by atoms with Crippen LogP contribution < -0.4 is 5.32 Å². The standard InChI is InChI=1S/C18H18ClNO/c1-13-3-8-16(9-4-13)14(2)20-18(21)12-7-15-5-10-17(19)11-6-15/h3-12,14H,1-2H3,(H,20,21)/b12-7+/t14-/m0/s1. The molecule has 0 saturated heterocycles. The second kappa shape index (κ2) is 7.09. The lowest BCUT2D eigenvalue weighted by Gasteiger charge is -2.13. The molecule has 108 valence electrons. The minimum Gasteiger partial charge on any atom is -0.346 e. The van der Waals surface area contributed by atoms with Crippen LogP contribution in [0, 0.1) is 6.92 Å². The summed E-state index contributed by atoms with van der Waals surface area (Å²) in [5.41, 5.74) is 3.24. The maximum atomic E-state index is 11.9. The molecule has 2 nitrogen and oxygen atoms in total. The highest BCUT2D eigenvalue weighted by Crippen LogP contribution is 2.13. The molecule has 2 rings (SSSR count). The van der Waals surface area contributed by atoms with E-state index >= 15 is 0 Å². The Morgan fingerprint density at radius 2 is 1.71 bits per heavy atom. The van der Waals surface area contributed by atoms with Crippen LogP contribution in [0.2, 0.25) is 5.02 Å². The van der Waals surface area contributed by atoms with E-state index in [1.807, 2.05) is 50.2 Å². The predicted octanol–water partition coefficient (Wildman–Crippen LogP) is 4.54. The second-order valence-corrected chi connectivity index (χ2v) is 5.46. The lowest BCUT2D eigenvalue weighted by atomic mass is 10.1. The smallest absolute Gasteiger partial charge is 0.244 e. The van der Waals surface area contributed by atoms with Crippen LogP contribution in [0.15, 0.2) is 54.6 Å². The van der Waals surface area contributed by atoms with Gasteiger partial charge in [0.05, 0.1) is 6.04 Å². The number of nitrogens with one attached hydrogen (secondary N) is 1. The Morgan fingerprint density at radius 1 is 1.10 bits per heavy atom. The molecule has 0 unspecified atom stereocenters. The molecule has 0 aliphatic carbocycles. The number of carbonyl (C=O) groups is 1. The van der Waals surface area contributed by atoms with Crippen molar-refractivity contribution in [3.63, 3.8) is 0 Å². The van der Waals surface area contributed by atoms with Crippen molar-refractivity contribution in [2.45, 2.75) is 19.9 Å². The number of hydrogen-bond donors (Lipinski definition) is 1. The zero-order valence-electron chi connectivity index (χ0n) is 12.1. The second-order valence-electron chi connectivity index (χ2n) is 5.03. The third-order valence-corrected chi connectivity index (χ3v) is 3.49. The van der Waals surface area contributed by atoms with Gasteiger partial charge in [0, 0.05) is 11.1 Å². The van der Waals surface area contributed by atoms with Gasteiger partial charge in [-0.1, -0.05) is 53.6 Å². The van der Waals surface area contributed by atoms with Gasteiger partial charge in [-0.2, -0.15) is 0 Å². The van der Waals surface area contributed by atoms with Gasteiger partial charge in [-0.05, 0) is 43.2 Å². The molecule has 1 N–H and O–H groups in total. The topological polar surface area (TPSA) is 29.1 Å². The molecule has 1 atom stereocenters. The molecule has 0 spiro atoms. The highest BCUT2D eigenvalue weighted by molar-refractivity contribution is 6.30. The number of aryl methyl sites for hydroxylation is 1. The van der Waals surface area contributed by atoms with E-state index in [2.05, 4.69) is 5.32 Å². The van der Waals surface area contributed by atoms with Crippen LogP contribution in [0.4, 0.5) is 0 Å². The number of hydrogen-bond acceptors (Lipinski definition) is 1. The fourth-order valence-electron chi connectivity index (χ4n) is 1.95. The average Bonchev–Trinajstić information content (AvgIpc) is 2.47. The summed E-state index contributed by atoms with van der Waals surface area (Å²) in [5, 5.41) is 3.63. The summed E-state index contributed by atoms with van der Waals surface area (Å²) in [6.07, 6.45) is 3.31. The maximum Gasteiger partial charge on any atom is 0.244 e. The number of halogens is 1. The molecule has 0 aliphatic heterocycles. The SMILES string of the molecule is Cc1ccc([C@H](C)NC(=O)/C=C/c2ccc(Cl)cc2)cc1. The van der Waals surface area contributed by atoms with Crippen molar-refractivity contribution in [3.8, 4) is 0 Å². The number of amides is 1. The molecule has 2 aromatic rings. The van der Waals surface area contributed by atoms with Crippen LogP contribution in [-0.2, 0) is 4.79 Å². The highest BCUT2D eigenvalue weighted by atomic mass is 35.5. The molecule has 0 bridgehead atoms. The van der Waals surface area contributed by atoms with Crippen LogP contribution >= 0.6 is 11.6 Å². The molecule has 0 saturated carbocycles. The lowest BCUT2D eigenvalue weighted by molar-refractivity contribution is -0.117. The molecule has 2 aromatic carbocycles. The van der Waals surface area contributed by atoms with Gasteiger partial charge in [0.25, 0.3) is 0 Å². The Hall–Kier alpha value is -2.06. The monoisotopic (exact) mass is 299 g/mol. The molecule has 0 heterocycles. The summed E-state index contributed by atoms with van der Waals surface area (Å²) in [6, 6.07) is 15.5. The molecule has 0 fully saturated rings. The first-order chi connectivity index (χ1) is 10.0. The highest BCUT2D eigenvalue weighted by Gasteiger charge is 2.06. The molecular formula is C18H18ClNO. The summed E-state index contributed by atoms with van der Waals surface area (Å²) in [5.74, 6) is -0.113. The summed E-state index contributed by atoms with van der Waals surface area (Å²) in [7, 11) is 0. The van der Waals surface area contributed by atoms with Crippen molar-refractivity contribution in [3.05, 3.63) is 76.3 Å². The van der Waals surface area contributed by atoms with E-state index in [-0.39, 0.29) is 11.9 Å². The van der Waals surface area contributed by atoms with E-state index in [4.69, 9.17) is 11.6 Å². The largest absolute Gasteiger partial charge is 0.346 e. The summed E-state index contributed by atoms with van der Waals surface area (Å²) < 4.78 is 0. The van der Waals surface area contributed by atoms with E-state index in [1.54, 1.807) is 18.2 Å². The molecule has 3 heteroatoms. The molecular weight excluding hydrogens is 282 g/mol. The summed E-state index contributed by atoms with van der Waals surface area (Å²) >= 11 is 5.82. The molecule has 0 aromatic heterocycles. The Kier molecular flexibility index (Phi) is 5.18. The van der Waals surface area contributed by atoms with Gasteiger partial charge in [-0.15, -0.1) is 0 Å². The fourth-order valence-corrected chi connectivity index (χ4v) is 2.07. The van der Waals surface area contributed by atoms with E-state index in [0.717, 1.165) is 11.1 Å². The van der Waals surface area contributed by atoms with Gasteiger partial charge in [-0.3, -0.25) is 4.79 Å². The zero-order valence-corrected chi connectivity index (χ0v) is 12.9. The van der Waals surface area contributed by atoms with Gasteiger partial charge in [0.2, 0.25) is 5.91 Å². The molecule has 0 aliphatic rings. The maximum absolute atomic E-state index is 11.9. The van der Waals surface area contributed by atoms with Crippen LogP contribution in [0.3, 0.4) is 0 Å². The van der Waals surface area contributed by atoms with Gasteiger partial charge in [0.1, 0.15) is 0 Å². The summed E-state index contributed by atoms with van der Waals surface area (Å²) in [4.78, 5) is 11.9. The third-order valence-electron chi connectivity index (χ3n) is 3.23. The van der Waals surface area contributed by atoms with Gasteiger partial charge < -0.3 is 5.32 Å². The average molecular weight is 300 g/mol. The third kappa shape index (κ3) is 4.76. The minimum atomic E-state index is -0.113. The van der Waals surface area contributed by atoms with Crippen molar-refractivity contribution < 1.29 is 4.79 Å². The van der Waals surface area contributed by atoms with Crippen LogP contribution in [-0.4, -0.2) is 5.91 Å². The van der Waals surface area contributed by atoms with Crippen LogP contribution in [0.25, 0.3) is 6.08 Å². The Balaban J connectivity index is 1.94. The van der Waals surface area contributed by atoms with Crippen molar-refractivity contribution in [1.82, 2.24) is 5.32 Å². The first kappa shape index (κ1) is 15.3. The minimum absolute atomic E-state index is 0.0204. The van der Waals surface area contributed by atoms with Crippen LogP contribution in [0.5, 0.6) is 0 Å². The van der Waals surface area contributed by atoms with E-state index in [1.165, 1.54) is 11.6 Å². The normalized spacial score (nSPS) is 12.3. The quantitative estimate of drug-likeness (QED) is 0.825. The van der Waals surface area contributed by atoms with Gasteiger partial charge >= 0.3 is 0 Å². The molecule has 0 radical (unpaired) electrons. The Labute approximate surface area is 130 Å². The molecule has 21 heavy (non-hydrogen) atoms. The van der Waals surface area contributed by atoms with E-state index in [9.17, 15) is 4.79 Å². The number of carbonyl (C=O) groups excluding carboxylic acids is 1. The van der Waals surface area contributed by atoms with Gasteiger partial charge in [-0.25, -0.2) is 0 Å². The van der Waals surface area contributed by atoms with Crippen molar-refractivity contribution >= 4 is 23.6 Å². The van der Waals surface area contributed by atoms with Gasteiger partial charge in [0.15, 0.2) is 0 Å². The first-order valence-electron chi connectivity index (χ1n) is 6.85. The Bertz CT molecular complexity index is 629. The van der Waals surface area contributed by atoms with Crippen molar-refractivity contribution in [1.29, 1.82) is 0 Å². The molecule has 1 amide bonds. The zero-order chi connectivity index (χ0) is 15.2. The van der Waals surface area contributed by atoms with Crippen LogP contribution in [0.1, 0.15) is 29.7 Å². The number of rotatable bonds is 4. The number of benzene rings is 2.